The van der Waals surface area contributed by atoms with Crippen LogP contribution in [0.1, 0.15) is 0 Å². The van der Waals surface area contributed by atoms with E-state index >= 15 is 0 Å². The predicted molar refractivity (Wildman–Crippen MR) is 87.3 cm³/mol. The highest BCUT2D eigenvalue weighted by atomic mass is 35.5. The maximum Gasteiger partial charge on any atom is 0.262 e. The van der Waals surface area contributed by atoms with Gasteiger partial charge in [-0.25, -0.2) is 0 Å². The van der Waals surface area contributed by atoms with Gasteiger partial charge in [0.25, 0.3) is 5.91 Å². The summed E-state index contributed by atoms with van der Waals surface area (Å²) in [4.78, 5) is 16.1. The molecule has 0 bridgehead atoms. The number of nitrogens with one attached hydrogen (secondary N) is 1. The lowest BCUT2D eigenvalue weighted by atomic mass is 10.1. The summed E-state index contributed by atoms with van der Waals surface area (Å²) in [5.41, 5.74) is 0.729. The van der Waals surface area contributed by atoms with Crippen LogP contribution in [-0.4, -0.2) is 17.5 Å². The van der Waals surface area contributed by atoms with Gasteiger partial charge in [0.2, 0.25) is 0 Å². The van der Waals surface area contributed by atoms with Crippen LogP contribution in [0, 0.1) is 0 Å². The van der Waals surface area contributed by atoms with E-state index in [9.17, 15) is 4.79 Å². The molecule has 4 nitrogen and oxygen atoms in total. The van der Waals surface area contributed by atoms with Gasteiger partial charge in [-0.1, -0.05) is 35.9 Å². The highest BCUT2D eigenvalue weighted by Gasteiger charge is 2.08. The number of nitrogens with zero attached hydrogens (tertiary/aromatic N) is 1. The molecule has 0 fully saturated rings. The number of aromatic nitrogens is 1. The minimum absolute atomic E-state index is 0.106. The van der Waals surface area contributed by atoms with Crippen LogP contribution in [0.15, 0.2) is 60.9 Å². The smallest absolute Gasteiger partial charge is 0.262 e. The van der Waals surface area contributed by atoms with Crippen molar-refractivity contribution in [3.63, 3.8) is 0 Å². The van der Waals surface area contributed by atoms with E-state index in [4.69, 9.17) is 16.3 Å². The molecule has 0 saturated heterocycles. The number of hydrogen-bond acceptors (Lipinski definition) is 3. The molecule has 5 heteroatoms. The molecule has 0 aliphatic carbocycles. The van der Waals surface area contributed by atoms with Crippen LogP contribution in [0.4, 0.5) is 5.69 Å². The summed E-state index contributed by atoms with van der Waals surface area (Å²) in [5.74, 6) is 0.241. The average Bonchev–Trinajstić information content (AvgIpc) is 2.54. The Kier molecular flexibility index (Phi) is 4.21. The van der Waals surface area contributed by atoms with Gasteiger partial charge in [0, 0.05) is 28.9 Å². The molecule has 1 amide bonds. The third-order valence-electron chi connectivity index (χ3n) is 3.15. The molecule has 0 aliphatic rings. The second-order valence-corrected chi connectivity index (χ2v) is 5.08. The van der Waals surface area contributed by atoms with Gasteiger partial charge in [-0.3, -0.25) is 9.78 Å². The van der Waals surface area contributed by atoms with E-state index in [-0.39, 0.29) is 12.5 Å². The molecule has 0 radical (unpaired) electrons. The number of carbonyl (C=O) groups is 1. The third kappa shape index (κ3) is 3.18. The zero-order valence-electron chi connectivity index (χ0n) is 11.6. The predicted octanol–water partition coefficient (Wildman–Crippen LogP) is 3.91. The molecule has 1 heterocycles. The molecular formula is C17H13ClN2O2. The van der Waals surface area contributed by atoms with E-state index in [0.29, 0.717) is 10.8 Å². The number of pyridine rings is 1. The number of amides is 1. The summed E-state index contributed by atoms with van der Waals surface area (Å²) in [7, 11) is 0. The minimum Gasteiger partial charge on any atom is -0.482 e. The molecule has 0 aliphatic heterocycles. The van der Waals surface area contributed by atoms with Crippen LogP contribution < -0.4 is 10.1 Å². The molecule has 110 valence electrons. The maximum atomic E-state index is 12.0. The average molecular weight is 313 g/mol. The number of halogens is 1. The largest absolute Gasteiger partial charge is 0.482 e. The van der Waals surface area contributed by atoms with Crippen molar-refractivity contribution in [3.05, 3.63) is 65.9 Å². The number of benzene rings is 2. The molecule has 22 heavy (non-hydrogen) atoms. The zero-order chi connectivity index (χ0) is 15.4. The van der Waals surface area contributed by atoms with Crippen molar-refractivity contribution < 1.29 is 9.53 Å². The molecule has 3 rings (SSSR count). The first kappa shape index (κ1) is 14.4. The van der Waals surface area contributed by atoms with E-state index in [1.54, 1.807) is 36.7 Å². The van der Waals surface area contributed by atoms with E-state index in [0.717, 1.165) is 16.5 Å². The number of anilines is 1. The molecule has 0 atom stereocenters. The number of para-hydroxylation sites is 1. The van der Waals surface area contributed by atoms with Crippen molar-refractivity contribution in [3.8, 4) is 5.75 Å². The van der Waals surface area contributed by atoms with Gasteiger partial charge in [0.15, 0.2) is 6.61 Å². The normalized spacial score (nSPS) is 10.4. The van der Waals surface area contributed by atoms with Gasteiger partial charge in [-0.2, -0.15) is 0 Å². The second kappa shape index (κ2) is 6.45. The topological polar surface area (TPSA) is 51.2 Å². The molecule has 0 spiro atoms. The van der Waals surface area contributed by atoms with Gasteiger partial charge in [-0.05, 0) is 24.3 Å². The quantitative estimate of drug-likeness (QED) is 0.794. The maximum absolute atomic E-state index is 12.0. The Hall–Kier alpha value is -2.59. The molecule has 1 aromatic heterocycles. The first-order valence-corrected chi connectivity index (χ1v) is 7.12. The summed E-state index contributed by atoms with van der Waals surface area (Å²) in [6.07, 6.45) is 3.45. The monoisotopic (exact) mass is 312 g/mol. The molecule has 0 saturated carbocycles. The molecule has 0 unspecified atom stereocenters. The third-order valence-corrected chi connectivity index (χ3v) is 3.46. The summed E-state index contributed by atoms with van der Waals surface area (Å²) in [6, 6.07) is 14.6. The number of hydrogen-bond donors (Lipinski definition) is 1. The number of rotatable bonds is 4. The Morgan fingerprint density at radius 2 is 2.00 bits per heavy atom. The summed E-state index contributed by atoms with van der Waals surface area (Å²) >= 11 is 5.98. The minimum atomic E-state index is -0.246. The van der Waals surface area contributed by atoms with Crippen LogP contribution in [0.3, 0.4) is 0 Å². The highest BCUT2D eigenvalue weighted by molar-refractivity contribution is 6.32. The van der Waals surface area contributed by atoms with E-state index in [1.807, 2.05) is 24.3 Å². The van der Waals surface area contributed by atoms with Crippen molar-refractivity contribution in [1.82, 2.24) is 4.98 Å². The molecule has 2 aromatic carbocycles. The summed E-state index contributed by atoms with van der Waals surface area (Å²) in [6.45, 7) is -0.106. The van der Waals surface area contributed by atoms with Crippen LogP contribution in [-0.2, 0) is 4.79 Å². The first-order valence-electron chi connectivity index (χ1n) is 6.74. The Labute approximate surface area is 132 Å². The fraction of sp³-hybridized carbons (Fsp3) is 0.0588. The van der Waals surface area contributed by atoms with E-state index < -0.39 is 0 Å². The number of carbonyl (C=O) groups excluding carboxylic acids is 1. The van der Waals surface area contributed by atoms with Crippen molar-refractivity contribution >= 4 is 34.0 Å². The first-order chi connectivity index (χ1) is 10.7. The lowest BCUT2D eigenvalue weighted by Gasteiger charge is -2.10. The van der Waals surface area contributed by atoms with Crippen LogP contribution >= 0.6 is 11.6 Å². The number of ether oxygens (including phenoxy) is 1. The van der Waals surface area contributed by atoms with Gasteiger partial charge in [0.05, 0.1) is 5.02 Å². The standard InChI is InChI=1S/C17H13ClN2O2/c18-14-5-1-2-7-16(14)22-11-17(21)20-15-6-3-4-12-10-19-9-8-13(12)15/h1-10H,11H2,(H,20,21). The van der Waals surface area contributed by atoms with Crippen LogP contribution in [0.2, 0.25) is 5.02 Å². The van der Waals surface area contributed by atoms with Gasteiger partial charge >= 0.3 is 0 Å². The SMILES string of the molecule is O=C(COc1ccccc1Cl)Nc1cccc2cnccc12. The molecule has 3 aromatic rings. The Morgan fingerprint density at radius 1 is 1.14 bits per heavy atom. The summed E-state index contributed by atoms with van der Waals surface area (Å²) < 4.78 is 5.43. The molecular weight excluding hydrogens is 300 g/mol. The number of fused-ring (bicyclic) bond motifs is 1. The fourth-order valence-corrected chi connectivity index (χ4v) is 2.31. The summed E-state index contributed by atoms with van der Waals surface area (Å²) in [5, 5.41) is 5.22. The van der Waals surface area contributed by atoms with Gasteiger partial charge in [0.1, 0.15) is 5.75 Å². The van der Waals surface area contributed by atoms with Crippen molar-refractivity contribution in [2.75, 3.05) is 11.9 Å². The Morgan fingerprint density at radius 3 is 2.86 bits per heavy atom. The zero-order valence-corrected chi connectivity index (χ0v) is 12.4. The van der Waals surface area contributed by atoms with Crippen molar-refractivity contribution in [1.29, 1.82) is 0 Å². The van der Waals surface area contributed by atoms with Gasteiger partial charge in [-0.15, -0.1) is 0 Å². The second-order valence-electron chi connectivity index (χ2n) is 4.67. The Bertz CT molecular complexity index is 815. The fourth-order valence-electron chi connectivity index (χ4n) is 2.12. The molecule has 1 N–H and O–H groups in total. The van der Waals surface area contributed by atoms with E-state index in [1.165, 1.54) is 0 Å². The lowest BCUT2D eigenvalue weighted by molar-refractivity contribution is -0.118. The van der Waals surface area contributed by atoms with Crippen LogP contribution in [0.5, 0.6) is 5.75 Å². The van der Waals surface area contributed by atoms with E-state index in [2.05, 4.69) is 10.3 Å². The van der Waals surface area contributed by atoms with Gasteiger partial charge < -0.3 is 10.1 Å². The van der Waals surface area contributed by atoms with Crippen molar-refractivity contribution in [2.24, 2.45) is 0 Å². The van der Waals surface area contributed by atoms with Crippen LogP contribution in [0.25, 0.3) is 10.8 Å². The lowest BCUT2D eigenvalue weighted by Crippen LogP contribution is -2.20. The Balaban J connectivity index is 1.70. The highest BCUT2D eigenvalue weighted by Crippen LogP contribution is 2.24. The van der Waals surface area contributed by atoms with Crippen molar-refractivity contribution in [2.45, 2.75) is 0 Å².